The van der Waals surface area contributed by atoms with Crippen molar-refractivity contribution in [2.45, 2.75) is 4.90 Å². The van der Waals surface area contributed by atoms with Crippen LogP contribution in [0.4, 0.5) is 4.79 Å². The number of benzene rings is 2. The zero-order chi connectivity index (χ0) is 21.5. The van der Waals surface area contributed by atoms with Crippen LogP contribution >= 0.6 is 11.6 Å². The van der Waals surface area contributed by atoms with Crippen LogP contribution in [0.3, 0.4) is 0 Å². The Bertz CT molecular complexity index is 1300. The molecule has 0 amide bonds. The Morgan fingerprint density at radius 1 is 1.17 bits per heavy atom. The summed E-state index contributed by atoms with van der Waals surface area (Å²) >= 11 is 5.99. The van der Waals surface area contributed by atoms with E-state index < -0.39 is 22.6 Å². The lowest BCUT2D eigenvalue weighted by Crippen LogP contribution is -2.23. The van der Waals surface area contributed by atoms with Crippen LogP contribution in [-0.2, 0) is 14.6 Å². The standard InChI is InChI=1S/C18H14ClN3O7S/c1-26-14-7-10-6-11(30(24,25)16(10)8-15(14)27-2)9-28-18(23)29-22-13-5-3-4-12(19)17(13)20-21-22/h3-8H,9H2,1-2H3. The van der Waals surface area contributed by atoms with Gasteiger partial charge in [-0.25, -0.2) is 13.2 Å². The first kappa shape index (κ1) is 20.0. The monoisotopic (exact) mass is 451 g/mol. The van der Waals surface area contributed by atoms with E-state index in [1.807, 2.05) is 0 Å². The first-order valence-electron chi connectivity index (χ1n) is 8.42. The maximum absolute atomic E-state index is 12.8. The van der Waals surface area contributed by atoms with Crippen LogP contribution in [0.15, 0.2) is 40.1 Å². The Morgan fingerprint density at radius 2 is 1.90 bits per heavy atom. The first-order valence-corrected chi connectivity index (χ1v) is 10.3. The second-order valence-corrected chi connectivity index (χ2v) is 8.44. The van der Waals surface area contributed by atoms with Gasteiger partial charge >= 0.3 is 6.16 Å². The van der Waals surface area contributed by atoms with Crippen molar-refractivity contribution in [3.8, 4) is 11.5 Å². The van der Waals surface area contributed by atoms with Gasteiger partial charge in [-0.1, -0.05) is 22.5 Å². The maximum atomic E-state index is 12.8. The topological polar surface area (TPSA) is 119 Å². The third-order valence-corrected chi connectivity index (χ3v) is 6.52. The average Bonchev–Trinajstić information content (AvgIpc) is 3.24. The van der Waals surface area contributed by atoms with E-state index >= 15 is 0 Å². The lowest BCUT2D eigenvalue weighted by molar-refractivity contribution is 0.0459. The summed E-state index contributed by atoms with van der Waals surface area (Å²) in [5, 5.41) is 7.82. The molecule has 3 aromatic rings. The largest absolute Gasteiger partial charge is 0.535 e. The van der Waals surface area contributed by atoms with E-state index in [0.717, 1.165) is 4.85 Å². The summed E-state index contributed by atoms with van der Waals surface area (Å²) in [7, 11) is -1.02. The third kappa shape index (κ3) is 3.31. The number of nitrogens with zero attached hydrogens (tertiary/aromatic N) is 3. The van der Waals surface area contributed by atoms with E-state index in [0.29, 0.717) is 27.4 Å². The number of methoxy groups -OCH3 is 2. The number of hydrogen-bond acceptors (Lipinski definition) is 9. The molecule has 1 aromatic heterocycles. The summed E-state index contributed by atoms with van der Waals surface area (Å²) < 4.78 is 40.8. The lowest BCUT2D eigenvalue weighted by atomic mass is 10.2. The van der Waals surface area contributed by atoms with Gasteiger partial charge in [0.15, 0.2) is 11.5 Å². The van der Waals surface area contributed by atoms with Gasteiger partial charge in [-0.05, 0) is 35.1 Å². The maximum Gasteiger partial charge on any atom is 0.535 e. The molecular formula is C18H14ClN3O7S. The van der Waals surface area contributed by atoms with Crippen molar-refractivity contribution in [3.63, 3.8) is 0 Å². The molecule has 30 heavy (non-hydrogen) atoms. The average molecular weight is 452 g/mol. The van der Waals surface area contributed by atoms with Crippen molar-refractivity contribution >= 4 is 44.7 Å². The molecular weight excluding hydrogens is 438 g/mol. The molecule has 10 nitrogen and oxygen atoms in total. The fraction of sp³-hybridized carbons (Fsp3) is 0.167. The summed E-state index contributed by atoms with van der Waals surface area (Å²) in [6, 6.07) is 7.73. The molecule has 1 aliphatic heterocycles. The molecule has 0 bridgehead atoms. The lowest BCUT2D eigenvalue weighted by Gasteiger charge is -2.10. The van der Waals surface area contributed by atoms with Gasteiger partial charge in [-0.2, -0.15) is 0 Å². The normalized spacial score (nSPS) is 14.2. The smallest absolute Gasteiger partial charge is 0.493 e. The molecule has 0 radical (unpaired) electrons. The van der Waals surface area contributed by atoms with Crippen molar-refractivity contribution in [1.29, 1.82) is 0 Å². The van der Waals surface area contributed by atoms with Gasteiger partial charge in [0.05, 0.1) is 29.0 Å². The van der Waals surface area contributed by atoms with Crippen LogP contribution in [0.25, 0.3) is 17.1 Å². The molecule has 0 N–H and O–H groups in total. The van der Waals surface area contributed by atoms with Gasteiger partial charge in [0.1, 0.15) is 17.6 Å². The van der Waals surface area contributed by atoms with E-state index in [9.17, 15) is 13.2 Å². The highest BCUT2D eigenvalue weighted by Gasteiger charge is 2.32. The number of halogens is 1. The number of aromatic nitrogens is 3. The number of sulfone groups is 1. The SMILES string of the molecule is COc1cc2c(cc1OC)S(=O)(=O)C(COC(=O)On1nnc3c(Cl)cccc31)=C2. The van der Waals surface area contributed by atoms with Crippen LogP contribution < -0.4 is 14.3 Å². The molecule has 0 saturated carbocycles. The summed E-state index contributed by atoms with van der Waals surface area (Å²) in [4.78, 5) is 17.8. The fourth-order valence-electron chi connectivity index (χ4n) is 2.92. The predicted molar refractivity (Wildman–Crippen MR) is 105 cm³/mol. The summed E-state index contributed by atoms with van der Waals surface area (Å²) in [5.41, 5.74) is 1.08. The van der Waals surface area contributed by atoms with Crippen molar-refractivity contribution < 1.29 is 32.3 Å². The second-order valence-electron chi connectivity index (χ2n) is 6.06. The van der Waals surface area contributed by atoms with Crippen LogP contribution in [0.5, 0.6) is 11.5 Å². The summed E-state index contributed by atoms with van der Waals surface area (Å²) in [5.74, 6) is 0.646. The molecule has 12 heteroatoms. The van der Waals surface area contributed by atoms with Gasteiger partial charge in [0.25, 0.3) is 0 Å². The van der Waals surface area contributed by atoms with Crippen molar-refractivity contribution in [3.05, 3.63) is 45.8 Å². The second kappa shape index (κ2) is 7.50. The van der Waals surface area contributed by atoms with Gasteiger partial charge in [-0.15, -0.1) is 5.10 Å². The van der Waals surface area contributed by atoms with E-state index in [1.54, 1.807) is 18.2 Å². The molecule has 2 heterocycles. The minimum atomic E-state index is -3.86. The summed E-state index contributed by atoms with van der Waals surface area (Å²) in [6.07, 6.45) is 0.230. The van der Waals surface area contributed by atoms with Crippen LogP contribution in [0.2, 0.25) is 5.02 Å². The van der Waals surface area contributed by atoms with E-state index in [-0.39, 0.29) is 15.6 Å². The Morgan fingerprint density at radius 3 is 2.63 bits per heavy atom. The van der Waals surface area contributed by atoms with Crippen LogP contribution in [-0.4, -0.2) is 50.6 Å². The Hall–Kier alpha value is -3.31. The molecule has 0 spiro atoms. The number of fused-ring (bicyclic) bond motifs is 2. The van der Waals surface area contributed by atoms with Crippen molar-refractivity contribution in [2.24, 2.45) is 0 Å². The van der Waals surface area contributed by atoms with Gasteiger partial charge in [-0.3, -0.25) is 4.84 Å². The first-order chi connectivity index (χ1) is 14.3. The van der Waals surface area contributed by atoms with E-state index in [2.05, 4.69) is 10.3 Å². The van der Waals surface area contributed by atoms with Gasteiger partial charge in [0, 0.05) is 6.07 Å². The molecule has 0 unspecified atom stereocenters. The van der Waals surface area contributed by atoms with E-state index in [4.69, 9.17) is 30.6 Å². The van der Waals surface area contributed by atoms with Crippen LogP contribution in [0.1, 0.15) is 5.56 Å². The highest BCUT2D eigenvalue weighted by Crippen LogP contribution is 2.40. The fourth-order valence-corrected chi connectivity index (χ4v) is 4.59. The zero-order valence-corrected chi connectivity index (χ0v) is 17.2. The third-order valence-electron chi connectivity index (χ3n) is 4.36. The van der Waals surface area contributed by atoms with E-state index in [1.165, 1.54) is 32.4 Å². The Balaban J connectivity index is 1.50. The molecule has 2 aromatic carbocycles. The van der Waals surface area contributed by atoms with Gasteiger partial charge < -0.3 is 14.2 Å². The number of carbonyl (C=O) groups excluding carboxylic acids is 1. The Labute approximate surface area is 175 Å². The quantitative estimate of drug-likeness (QED) is 0.425. The highest BCUT2D eigenvalue weighted by atomic mass is 35.5. The Kier molecular flexibility index (Phi) is 5.00. The molecule has 0 saturated heterocycles. The van der Waals surface area contributed by atoms with Crippen molar-refractivity contribution in [1.82, 2.24) is 15.2 Å². The molecule has 0 fully saturated rings. The molecule has 0 aliphatic carbocycles. The zero-order valence-electron chi connectivity index (χ0n) is 15.7. The molecule has 4 rings (SSSR count). The minimum Gasteiger partial charge on any atom is -0.493 e. The number of rotatable bonds is 5. The minimum absolute atomic E-state index is 0.0315. The number of hydrogen-bond donors (Lipinski definition) is 0. The highest BCUT2D eigenvalue weighted by molar-refractivity contribution is 7.95. The molecule has 0 atom stereocenters. The van der Waals surface area contributed by atoms with Gasteiger partial charge in [0.2, 0.25) is 9.84 Å². The molecule has 156 valence electrons. The predicted octanol–water partition coefficient (Wildman–Crippen LogP) is 2.50. The summed E-state index contributed by atoms with van der Waals surface area (Å²) in [6.45, 7) is -0.534. The van der Waals surface area contributed by atoms with Crippen LogP contribution in [0, 0.1) is 0 Å². The number of ether oxygens (including phenoxy) is 3. The van der Waals surface area contributed by atoms with Crippen molar-refractivity contribution in [2.75, 3.05) is 20.8 Å². The molecule has 1 aliphatic rings. The number of carbonyl (C=O) groups is 1.